The van der Waals surface area contributed by atoms with Crippen LogP contribution < -0.4 is 14.8 Å². The zero-order valence-electron chi connectivity index (χ0n) is 8.30. The monoisotopic (exact) mass is 233 g/mol. The summed E-state index contributed by atoms with van der Waals surface area (Å²) in [6.07, 6.45) is -4.66. The van der Waals surface area contributed by atoms with Gasteiger partial charge in [0.2, 0.25) is 0 Å². The molecule has 0 saturated heterocycles. The molecule has 3 nitrogen and oxygen atoms in total. The molecule has 0 aliphatic carbocycles. The molecule has 0 aromatic heterocycles. The lowest BCUT2D eigenvalue weighted by molar-refractivity contribution is -0.274. The quantitative estimate of drug-likeness (QED) is 0.805. The summed E-state index contributed by atoms with van der Waals surface area (Å²) < 4.78 is 45.1. The van der Waals surface area contributed by atoms with Crippen LogP contribution in [0.25, 0.3) is 0 Å². The second kappa shape index (κ2) is 4.21. The van der Waals surface area contributed by atoms with Crippen molar-refractivity contribution in [2.75, 3.05) is 13.2 Å². The largest absolute Gasteiger partial charge is 0.573 e. The van der Waals surface area contributed by atoms with Crippen molar-refractivity contribution in [3.8, 4) is 11.5 Å². The first-order valence-corrected chi connectivity index (χ1v) is 4.77. The molecule has 0 bridgehead atoms. The molecule has 0 amide bonds. The molecule has 1 heterocycles. The molecule has 1 aromatic carbocycles. The maximum absolute atomic E-state index is 12.0. The molecule has 0 spiro atoms. The van der Waals surface area contributed by atoms with Crippen LogP contribution in [0.3, 0.4) is 0 Å². The predicted octanol–water partition coefficient (Wildman–Crippen LogP) is 2.07. The number of alkyl halides is 3. The van der Waals surface area contributed by atoms with E-state index < -0.39 is 6.36 Å². The van der Waals surface area contributed by atoms with Gasteiger partial charge in [0, 0.05) is 18.7 Å². The lowest BCUT2D eigenvalue weighted by Gasteiger charge is -2.11. The first-order valence-electron chi connectivity index (χ1n) is 4.77. The number of hydrogen-bond acceptors (Lipinski definition) is 3. The van der Waals surface area contributed by atoms with Gasteiger partial charge in [0.25, 0.3) is 0 Å². The fourth-order valence-electron chi connectivity index (χ4n) is 1.49. The fourth-order valence-corrected chi connectivity index (χ4v) is 1.49. The van der Waals surface area contributed by atoms with Crippen LogP contribution in [-0.2, 0) is 6.54 Å². The van der Waals surface area contributed by atoms with E-state index in [0.29, 0.717) is 31.0 Å². The van der Waals surface area contributed by atoms with Crippen LogP contribution in [0.4, 0.5) is 13.2 Å². The third kappa shape index (κ3) is 2.79. The molecule has 2 rings (SSSR count). The van der Waals surface area contributed by atoms with Crippen LogP contribution in [0.2, 0.25) is 0 Å². The van der Waals surface area contributed by atoms with Crippen molar-refractivity contribution in [2.24, 2.45) is 0 Å². The lowest BCUT2D eigenvalue weighted by Crippen LogP contribution is -2.17. The van der Waals surface area contributed by atoms with E-state index >= 15 is 0 Å². The Balaban J connectivity index is 2.21. The van der Waals surface area contributed by atoms with Crippen LogP contribution >= 0.6 is 0 Å². The standard InChI is InChI=1S/C10H10F3NO2/c11-10(12,13)16-8-1-2-9-7(5-8)6-14-3-4-15-9/h1-2,5,14H,3-4,6H2. The highest BCUT2D eigenvalue weighted by Crippen LogP contribution is 2.29. The molecule has 1 aliphatic rings. The van der Waals surface area contributed by atoms with E-state index in [0.717, 1.165) is 0 Å². The van der Waals surface area contributed by atoms with Gasteiger partial charge in [-0.1, -0.05) is 0 Å². The third-order valence-electron chi connectivity index (χ3n) is 2.12. The van der Waals surface area contributed by atoms with Crippen LogP contribution in [0, 0.1) is 0 Å². The van der Waals surface area contributed by atoms with Gasteiger partial charge in [-0.2, -0.15) is 0 Å². The van der Waals surface area contributed by atoms with E-state index in [-0.39, 0.29) is 5.75 Å². The Morgan fingerprint density at radius 3 is 2.88 bits per heavy atom. The highest BCUT2D eigenvalue weighted by Gasteiger charge is 2.31. The summed E-state index contributed by atoms with van der Waals surface area (Å²) in [5, 5.41) is 3.03. The summed E-state index contributed by atoms with van der Waals surface area (Å²) in [6, 6.07) is 4.07. The molecule has 0 saturated carbocycles. The molecule has 0 radical (unpaired) electrons. The maximum Gasteiger partial charge on any atom is 0.573 e. The first kappa shape index (κ1) is 11.1. The van der Waals surface area contributed by atoms with Gasteiger partial charge in [-0.3, -0.25) is 0 Å². The highest BCUT2D eigenvalue weighted by molar-refractivity contribution is 5.40. The summed E-state index contributed by atoms with van der Waals surface area (Å²) in [5.74, 6) is 0.373. The van der Waals surface area contributed by atoms with Crippen molar-refractivity contribution >= 4 is 0 Å². The van der Waals surface area contributed by atoms with Gasteiger partial charge in [-0.25, -0.2) is 0 Å². The van der Waals surface area contributed by atoms with Crippen LogP contribution in [0.1, 0.15) is 5.56 Å². The summed E-state index contributed by atoms with van der Waals surface area (Å²) in [5.41, 5.74) is 0.666. The Kier molecular flexibility index (Phi) is 2.91. The van der Waals surface area contributed by atoms with E-state index in [1.165, 1.54) is 18.2 Å². The van der Waals surface area contributed by atoms with Gasteiger partial charge in [-0.05, 0) is 18.2 Å². The van der Waals surface area contributed by atoms with Crippen molar-refractivity contribution in [2.45, 2.75) is 12.9 Å². The fraction of sp³-hybridized carbons (Fsp3) is 0.400. The molecule has 88 valence electrons. The molecule has 0 fully saturated rings. The number of nitrogens with one attached hydrogen (secondary N) is 1. The van der Waals surface area contributed by atoms with Gasteiger partial charge < -0.3 is 14.8 Å². The Morgan fingerprint density at radius 2 is 2.12 bits per heavy atom. The molecular weight excluding hydrogens is 223 g/mol. The zero-order chi connectivity index (χ0) is 11.6. The molecule has 16 heavy (non-hydrogen) atoms. The average Bonchev–Trinajstić information content (AvgIpc) is 2.39. The Bertz CT molecular complexity index is 379. The number of fused-ring (bicyclic) bond motifs is 1. The Labute approximate surface area is 90.2 Å². The van der Waals surface area contributed by atoms with E-state index in [4.69, 9.17) is 4.74 Å². The normalized spacial score (nSPS) is 15.9. The van der Waals surface area contributed by atoms with Gasteiger partial charge in [-0.15, -0.1) is 13.2 Å². The molecule has 1 aliphatic heterocycles. The van der Waals surface area contributed by atoms with Crippen molar-refractivity contribution in [1.29, 1.82) is 0 Å². The van der Waals surface area contributed by atoms with E-state index in [2.05, 4.69) is 10.1 Å². The number of halogens is 3. The van der Waals surface area contributed by atoms with Crippen LogP contribution in [0.15, 0.2) is 18.2 Å². The lowest BCUT2D eigenvalue weighted by atomic mass is 10.2. The van der Waals surface area contributed by atoms with Crippen molar-refractivity contribution in [3.05, 3.63) is 23.8 Å². The zero-order valence-corrected chi connectivity index (χ0v) is 8.30. The smallest absolute Gasteiger partial charge is 0.492 e. The van der Waals surface area contributed by atoms with Gasteiger partial charge in [0.1, 0.15) is 18.1 Å². The first-order chi connectivity index (χ1) is 7.54. The summed E-state index contributed by atoms with van der Waals surface area (Å²) in [7, 11) is 0. The van der Waals surface area contributed by atoms with Crippen molar-refractivity contribution in [1.82, 2.24) is 5.32 Å². The van der Waals surface area contributed by atoms with Crippen LogP contribution in [0.5, 0.6) is 11.5 Å². The molecular formula is C10H10F3NO2. The van der Waals surface area contributed by atoms with Gasteiger partial charge in [0.15, 0.2) is 0 Å². The van der Waals surface area contributed by atoms with E-state index in [1.807, 2.05) is 0 Å². The topological polar surface area (TPSA) is 30.5 Å². The molecule has 0 atom stereocenters. The van der Waals surface area contributed by atoms with Gasteiger partial charge >= 0.3 is 6.36 Å². The SMILES string of the molecule is FC(F)(F)Oc1ccc2c(c1)CNCCO2. The number of hydrogen-bond donors (Lipinski definition) is 1. The average molecular weight is 233 g/mol. The minimum absolute atomic E-state index is 0.224. The number of rotatable bonds is 1. The Morgan fingerprint density at radius 1 is 1.31 bits per heavy atom. The minimum atomic E-state index is -4.66. The van der Waals surface area contributed by atoms with E-state index in [9.17, 15) is 13.2 Å². The highest BCUT2D eigenvalue weighted by atomic mass is 19.4. The van der Waals surface area contributed by atoms with E-state index in [1.54, 1.807) is 0 Å². The molecule has 6 heteroatoms. The summed E-state index contributed by atoms with van der Waals surface area (Å²) >= 11 is 0. The van der Waals surface area contributed by atoms with Gasteiger partial charge in [0.05, 0.1) is 0 Å². The molecule has 1 N–H and O–H groups in total. The number of ether oxygens (including phenoxy) is 2. The second-order valence-electron chi connectivity index (χ2n) is 3.34. The number of benzene rings is 1. The minimum Gasteiger partial charge on any atom is -0.492 e. The molecule has 1 aromatic rings. The third-order valence-corrected chi connectivity index (χ3v) is 2.12. The maximum atomic E-state index is 12.0. The summed E-state index contributed by atoms with van der Waals surface area (Å²) in [4.78, 5) is 0. The van der Waals surface area contributed by atoms with Crippen molar-refractivity contribution in [3.63, 3.8) is 0 Å². The second-order valence-corrected chi connectivity index (χ2v) is 3.34. The predicted molar refractivity (Wildman–Crippen MR) is 50.3 cm³/mol. The van der Waals surface area contributed by atoms with Crippen LogP contribution in [-0.4, -0.2) is 19.5 Å². The Hall–Kier alpha value is -1.43. The molecule has 0 unspecified atom stereocenters. The van der Waals surface area contributed by atoms with Crippen molar-refractivity contribution < 1.29 is 22.6 Å². The summed E-state index contributed by atoms with van der Waals surface area (Å²) in [6.45, 7) is 1.65.